The Morgan fingerprint density at radius 1 is 1.16 bits per heavy atom. The molecule has 1 spiro atoms. The van der Waals surface area contributed by atoms with Crippen LogP contribution in [0.1, 0.15) is 73.9 Å². The zero-order valence-corrected chi connectivity index (χ0v) is 31.0. The van der Waals surface area contributed by atoms with Gasteiger partial charge in [0.25, 0.3) is 16.0 Å². The number of aryl methyl sites for hydroxylation is 1. The van der Waals surface area contributed by atoms with Crippen molar-refractivity contribution in [2.75, 3.05) is 44.6 Å². The number of hydrogen-bond donors (Lipinski definition) is 1. The SMILES string of the molecule is CO[C@]1(C)/C=C/C[C@H](C)[C@@H](CCOS(C)(=O)=O)S(=O)(=O)NC(=O)c2ccc3c(c2)N(C[C@@H]2CC[C@H]21)C[C@@]1(CCCc2cc(Cl)ccc21)CO3. The highest BCUT2D eigenvalue weighted by Gasteiger charge is 2.47. The van der Waals surface area contributed by atoms with E-state index in [2.05, 4.69) is 28.7 Å². The second kappa shape index (κ2) is 13.8. The van der Waals surface area contributed by atoms with Gasteiger partial charge in [0.15, 0.2) is 0 Å². The van der Waals surface area contributed by atoms with Gasteiger partial charge in [0.2, 0.25) is 10.0 Å². The Kier molecular flexibility index (Phi) is 10.2. The van der Waals surface area contributed by atoms with E-state index in [9.17, 15) is 21.6 Å². The molecule has 268 valence electrons. The van der Waals surface area contributed by atoms with Crippen molar-refractivity contribution in [1.29, 1.82) is 0 Å². The minimum atomic E-state index is -4.25. The van der Waals surface area contributed by atoms with Crippen molar-refractivity contribution in [3.05, 3.63) is 70.3 Å². The molecule has 6 atom stereocenters. The first-order chi connectivity index (χ1) is 23.1. The molecule has 2 aliphatic heterocycles. The topological polar surface area (TPSA) is 128 Å². The molecule has 1 fully saturated rings. The first-order valence-corrected chi connectivity index (χ1v) is 20.8. The largest absolute Gasteiger partial charge is 0.490 e. The van der Waals surface area contributed by atoms with Crippen LogP contribution in [0.3, 0.4) is 0 Å². The quantitative estimate of drug-likeness (QED) is 0.307. The van der Waals surface area contributed by atoms with Gasteiger partial charge >= 0.3 is 0 Å². The van der Waals surface area contributed by atoms with Gasteiger partial charge in [0, 0.05) is 36.2 Å². The molecule has 0 saturated heterocycles. The predicted octanol–water partition coefficient (Wildman–Crippen LogP) is 5.63. The number of benzene rings is 2. The molecule has 1 N–H and O–H groups in total. The maximum atomic E-state index is 13.8. The Morgan fingerprint density at radius 3 is 2.67 bits per heavy atom. The lowest BCUT2D eigenvalue weighted by molar-refractivity contribution is -0.0622. The first kappa shape index (κ1) is 36.2. The van der Waals surface area contributed by atoms with Crippen molar-refractivity contribution in [1.82, 2.24) is 4.72 Å². The standard InChI is InChI=1S/C36H47ClN2O8S2/c1-24-7-5-16-35(2,45-3)29-12-9-27(29)21-39-22-36(17-6-8-25-19-28(37)11-13-30(25)36)23-46-32-14-10-26(20-31(32)39)34(40)38-49(43,44)33(24)15-18-47-48(4,41)42/h5,10-11,13-14,16,19-20,24,27,29,33H,6-9,12,15,17-18,21-23H2,1-4H3,(H,38,40)/b16-5+/t24-,27-,29+,33+,35+,36-/m0/s1. The number of halogens is 1. The van der Waals surface area contributed by atoms with E-state index in [4.69, 9.17) is 25.3 Å². The number of fused-ring (bicyclic) bond motifs is 4. The molecule has 2 aliphatic carbocycles. The summed E-state index contributed by atoms with van der Waals surface area (Å²) in [5.41, 5.74) is 2.53. The summed E-state index contributed by atoms with van der Waals surface area (Å²) in [6, 6.07) is 11.2. The number of anilines is 1. The van der Waals surface area contributed by atoms with Crippen LogP contribution >= 0.6 is 11.6 Å². The van der Waals surface area contributed by atoms with Crippen LogP contribution in [0.15, 0.2) is 48.6 Å². The van der Waals surface area contributed by atoms with E-state index >= 15 is 0 Å². The first-order valence-electron chi connectivity index (χ1n) is 17.1. The molecule has 49 heavy (non-hydrogen) atoms. The number of rotatable bonds is 5. The second-order valence-electron chi connectivity index (χ2n) is 14.6. The summed E-state index contributed by atoms with van der Waals surface area (Å²) in [7, 11) is -6.32. The van der Waals surface area contributed by atoms with Crippen LogP contribution in [0, 0.1) is 17.8 Å². The summed E-state index contributed by atoms with van der Waals surface area (Å²) >= 11 is 6.43. The minimum Gasteiger partial charge on any atom is -0.490 e. The third kappa shape index (κ3) is 7.54. The Labute approximate surface area is 295 Å². The number of allylic oxidation sites excluding steroid dienone is 1. The smallest absolute Gasteiger partial charge is 0.264 e. The lowest BCUT2D eigenvalue weighted by atomic mass is 9.64. The highest BCUT2D eigenvalue weighted by atomic mass is 35.5. The number of amides is 1. The van der Waals surface area contributed by atoms with Gasteiger partial charge in [0.1, 0.15) is 5.75 Å². The molecule has 1 saturated carbocycles. The highest BCUT2D eigenvalue weighted by molar-refractivity contribution is 7.90. The summed E-state index contributed by atoms with van der Waals surface area (Å²) in [5, 5.41) is -0.380. The van der Waals surface area contributed by atoms with Crippen LogP contribution < -0.4 is 14.4 Å². The molecule has 0 radical (unpaired) electrons. The van der Waals surface area contributed by atoms with Gasteiger partial charge in [-0.1, -0.05) is 36.7 Å². The maximum absolute atomic E-state index is 13.8. The summed E-state index contributed by atoms with van der Waals surface area (Å²) in [5.74, 6) is -0.0525. The number of nitrogens with zero attached hydrogens (tertiary/aromatic N) is 1. The third-order valence-corrected chi connectivity index (χ3v) is 14.1. The summed E-state index contributed by atoms with van der Waals surface area (Å²) < 4.78 is 71.0. The van der Waals surface area contributed by atoms with Crippen LogP contribution in [0.25, 0.3) is 0 Å². The number of sulfonamides is 1. The van der Waals surface area contributed by atoms with Crippen molar-refractivity contribution in [3.8, 4) is 5.75 Å². The van der Waals surface area contributed by atoms with Crippen LogP contribution in [0.5, 0.6) is 5.75 Å². The highest BCUT2D eigenvalue weighted by Crippen LogP contribution is 2.49. The Morgan fingerprint density at radius 2 is 1.96 bits per heavy atom. The van der Waals surface area contributed by atoms with Crippen LogP contribution in [0.4, 0.5) is 5.69 Å². The molecule has 1 amide bonds. The number of carbonyl (C=O) groups is 1. The molecule has 0 aromatic heterocycles. The van der Waals surface area contributed by atoms with Crippen LogP contribution in [-0.4, -0.2) is 73.3 Å². The molecule has 2 bridgehead atoms. The van der Waals surface area contributed by atoms with E-state index in [1.54, 1.807) is 32.2 Å². The zero-order chi connectivity index (χ0) is 35.2. The van der Waals surface area contributed by atoms with Crippen molar-refractivity contribution in [2.45, 2.75) is 75.1 Å². The van der Waals surface area contributed by atoms with Crippen molar-refractivity contribution in [3.63, 3.8) is 0 Å². The number of ether oxygens (including phenoxy) is 2. The average molecular weight is 735 g/mol. The normalized spacial score (nSPS) is 32.1. The minimum absolute atomic E-state index is 0.114. The van der Waals surface area contributed by atoms with E-state index in [0.29, 0.717) is 36.3 Å². The van der Waals surface area contributed by atoms with Gasteiger partial charge in [0.05, 0.1) is 36.0 Å². The monoisotopic (exact) mass is 734 g/mol. The predicted molar refractivity (Wildman–Crippen MR) is 190 cm³/mol. The molecule has 2 aromatic carbocycles. The fourth-order valence-electron chi connectivity index (χ4n) is 8.42. The van der Waals surface area contributed by atoms with Crippen LogP contribution in [-0.2, 0) is 40.9 Å². The Hall–Kier alpha value is -2.64. The van der Waals surface area contributed by atoms with E-state index < -0.39 is 42.8 Å². The molecule has 2 aromatic rings. The molecule has 2 heterocycles. The zero-order valence-electron chi connectivity index (χ0n) is 28.6. The fraction of sp³-hybridized carbons (Fsp3) is 0.583. The van der Waals surface area contributed by atoms with E-state index in [-0.39, 0.29) is 29.9 Å². The lowest BCUT2D eigenvalue weighted by Crippen LogP contribution is -2.52. The average Bonchev–Trinajstić information content (AvgIpc) is 3.16. The van der Waals surface area contributed by atoms with Crippen molar-refractivity contribution < 1.29 is 35.3 Å². The Bertz CT molecular complexity index is 1830. The number of methoxy groups -OCH3 is 1. The van der Waals surface area contributed by atoms with Crippen molar-refractivity contribution in [2.24, 2.45) is 17.8 Å². The van der Waals surface area contributed by atoms with Gasteiger partial charge in [-0.15, -0.1) is 0 Å². The summed E-state index contributed by atoms with van der Waals surface area (Å²) in [4.78, 5) is 16.0. The van der Waals surface area contributed by atoms with Gasteiger partial charge in [-0.05, 0) is 111 Å². The third-order valence-electron chi connectivity index (χ3n) is 11.3. The molecule has 10 nitrogen and oxygen atoms in total. The number of nitrogens with one attached hydrogen (secondary N) is 1. The van der Waals surface area contributed by atoms with Gasteiger partial charge in [-0.25, -0.2) is 13.1 Å². The Balaban J connectivity index is 1.41. The fourth-order valence-corrected chi connectivity index (χ4v) is 10.7. The molecular weight excluding hydrogens is 688 g/mol. The van der Waals surface area contributed by atoms with Crippen LogP contribution in [0.2, 0.25) is 5.02 Å². The van der Waals surface area contributed by atoms with E-state index in [1.807, 2.05) is 18.2 Å². The number of hydrogen-bond acceptors (Lipinski definition) is 9. The molecule has 4 aliphatic rings. The van der Waals surface area contributed by atoms with Crippen molar-refractivity contribution >= 4 is 43.3 Å². The van der Waals surface area contributed by atoms with Gasteiger partial charge in [-0.2, -0.15) is 8.42 Å². The maximum Gasteiger partial charge on any atom is 0.264 e. The second-order valence-corrected chi connectivity index (χ2v) is 18.5. The lowest BCUT2D eigenvalue weighted by Gasteiger charge is -2.49. The molecule has 6 rings (SSSR count). The van der Waals surface area contributed by atoms with Gasteiger partial charge in [-0.3, -0.25) is 8.98 Å². The molecule has 0 unspecified atom stereocenters. The van der Waals surface area contributed by atoms with E-state index in [1.165, 1.54) is 11.1 Å². The van der Waals surface area contributed by atoms with E-state index in [0.717, 1.165) is 50.6 Å². The number of carbonyl (C=O) groups excluding carboxylic acids is 1. The summed E-state index contributed by atoms with van der Waals surface area (Å²) in [6.07, 6.45) is 10.1. The molecular formula is C36H47ClN2O8S2. The van der Waals surface area contributed by atoms with Gasteiger partial charge < -0.3 is 14.4 Å². The molecule has 13 heteroatoms. The summed E-state index contributed by atoms with van der Waals surface area (Å²) in [6.45, 7) is 5.40.